The molecular formula is C15H13BrN3Na. The van der Waals surface area contributed by atoms with Crippen molar-refractivity contribution in [2.75, 3.05) is 0 Å². The zero-order valence-corrected chi connectivity index (χ0v) is 11.7. The Labute approximate surface area is 148 Å². The molecule has 0 fully saturated rings. The van der Waals surface area contributed by atoms with E-state index in [0.29, 0.717) is 5.96 Å². The van der Waals surface area contributed by atoms with Gasteiger partial charge >= 0.3 is 29.6 Å². The SMILES string of the molecule is NC1=NC2C=C(C(=CBr)c3ccccc3)C=CC2=N1.[NaH]. The zero-order chi connectivity index (χ0) is 13.2. The van der Waals surface area contributed by atoms with Gasteiger partial charge in [0.1, 0.15) is 6.04 Å². The minimum atomic E-state index is -0.0498. The number of fused-ring (bicyclic) bond motifs is 1. The van der Waals surface area contributed by atoms with Crippen molar-refractivity contribution in [1.29, 1.82) is 0 Å². The number of halogens is 1. The van der Waals surface area contributed by atoms with Crippen LogP contribution in [0, 0.1) is 0 Å². The number of nitrogens with two attached hydrogens (primary N) is 1. The van der Waals surface area contributed by atoms with E-state index in [0.717, 1.165) is 22.4 Å². The first-order chi connectivity index (χ1) is 9.28. The van der Waals surface area contributed by atoms with E-state index in [2.05, 4.69) is 44.1 Å². The molecule has 0 bridgehead atoms. The zero-order valence-electron chi connectivity index (χ0n) is 10.1. The topological polar surface area (TPSA) is 50.7 Å². The second-order valence-corrected chi connectivity index (χ2v) is 4.77. The number of rotatable bonds is 2. The van der Waals surface area contributed by atoms with E-state index in [4.69, 9.17) is 5.73 Å². The molecule has 1 aliphatic heterocycles. The average Bonchev–Trinajstić information content (AvgIpc) is 2.80. The van der Waals surface area contributed by atoms with Gasteiger partial charge in [-0.3, -0.25) is 0 Å². The number of nitrogens with zero attached hydrogens (tertiary/aromatic N) is 2. The molecule has 1 aliphatic carbocycles. The fourth-order valence-corrected chi connectivity index (χ4v) is 2.71. The normalized spacial score (nSPS) is 20.6. The first-order valence-corrected chi connectivity index (χ1v) is 6.87. The van der Waals surface area contributed by atoms with Gasteiger partial charge in [-0.2, -0.15) is 0 Å². The van der Waals surface area contributed by atoms with E-state index in [1.54, 1.807) is 0 Å². The molecule has 5 heteroatoms. The molecule has 3 nitrogen and oxygen atoms in total. The van der Waals surface area contributed by atoms with E-state index in [1.807, 2.05) is 35.3 Å². The molecule has 3 rings (SSSR count). The van der Waals surface area contributed by atoms with Gasteiger partial charge in [-0.1, -0.05) is 52.3 Å². The van der Waals surface area contributed by atoms with Crippen LogP contribution >= 0.6 is 15.9 Å². The molecular weight excluding hydrogens is 325 g/mol. The van der Waals surface area contributed by atoms with Crippen LogP contribution in [0.4, 0.5) is 0 Å². The van der Waals surface area contributed by atoms with Gasteiger partial charge in [-0.05, 0) is 33.8 Å². The van der Waals surface area contributed by atoms with Crippen LogP contribution in [0.1, 0.15) is 5.56 Å². The third kappa shape index (κ3) is 3.04. The van der Waals surface area contributed by atoms with Crippen molar-refractivity contribution in [2.24, 2.45) is 15.7 Å². The Hall–Kier alpha value is -0.940. The maximum absolute atomic E-state index is 5.64. The van der Waals surface area contributed by atoms with E-state index in [9.17, 15) is 0 Å². The Bertz CT molecular complexity index is 657. The second-order valence-electron chi connectivity index (χ2n) is 4.31. The van der Waals surface area contributed by atoms with E-state index < -0.39 is 0 Å². The quantitative estimate of drug-likeness (QED) is 0.828. The summed E-state index contributed by atoms with van der Waals surface area (Å²) in [5.74, 6) is 0.353. The summed E-state index contributed by atoms with van der Waals surface area (Å²) in [5, 5.41) is 0. The molecule has 2 aliphatic rings. The predicted molar refractivity (Wildman–Crippen MR) is 90.6 cm³/mol. The summed E-state index contributed by atoms with van der Waals surface area (Å²) in [7, 11) is 0. The van der Waals surface area contributed by atoms with Gasteiger partial charge in [-0.15, -0.1) is 0 Å². The van der Waals surface area contributed by atoms with Gasteiger partial charge < -0.3 is 5.73 Å². The van der Waals surface area contributed by atoms with Crippen molar-refractivity contribution in [3.05, 3.63) is 64.7 Å². The Kier molecular flexibility index (Phi) is 5.16. The van der Waals surface area contributed by atoms with E-state index in [-0.39, 0.29) is 35.6 Å². The molecule has 0 saturated heterocycles. The fraction of sp³-hybridized carbons (Fsp3) is 0.0667. The maximum atomic E-state index is 5.64. The summed E-state index contributed by atoms with van der Waals surface area (Å²) in [4.78, 5) is 10.4. The molecule has 1 aromatic carbocycles. The summed E-state index contributed by atoms with van der Waals surface area (Å²) in [5.41, 5.74) is 9.94. The minimum absolute atomic E-state index is 0. The van der Waals surface area contributed by atoms with Crippen molar-refractivity contribution >= 4 is 62.7 Å². The van der Waals surface area contributed by atoms with Crippen molar-refractivity contribution < 1.29 is 0 Å². The molecule has 0 aromatic heterocycles. The second kappa shape index (κ2) is 6.68. The van der Waals surface area contributed by atoms with Gasteiger partial charge in [0, 0.05) is 0 Å². The molecule has 0 radical (unpaired) electrons. The Morgan fingerprint density at radius 2 is 1.95 bits per heavy atom. The van der Waals surface area contributed by atoms with Gasteiger partial charge in [-0.25, -0.2) is 9.98 Å². The number of guanidine groups is 1. The molecule has 96 valence electrons. The van der Waals surface area contributed by atoms with Crippen LogP contribution in [-0.2, 0) is 0 Å². The van der Waals surface area contributed by atoms with Crippen molar-refractivity contribution in [2.45, 2.75) is 6.04 Å². The molecule has 1 atom stereocenters. The predicted octanol–water partition coefficient (Wildman–Crippen LogP) is 2.41. The number of aliphatic imine (C=N–C) groups is 2. The van der Waals surface area contributed by atoms with Crippen LogP contribution in [0.25, 0.3) is 5.57 Å². The molecule has 20 heavy (non-hydrogen) atoms. The summed E-state index contributed by atoms with van der Waals surface area (Å²) < 4.78 is 0. The number of benzene rings is 1. The number of hydrogen-bond acceptors (Lipinski definition) is 3. The van der Waals surface area contributed by atoms with Crippen LogP contribution in [0.5, 0.6) is 0 Å². The Morgan fingerprint density at radius 3 is 2.65 bits per heavy atom. The molecule has 1 unspecified atom stereocenters. The fourth-order valence-electron chi connectivity index (χ4n) is 2.19. The third-order valence-corrected chi connectivity index (χ3v) is 3.55. The Balaban J connectivity index is 0.00000147. The number of allylic oxidation sites excluding steroid dienone is 3. The van der Waals surface area contributed by atoms with Gasteiger partial charge in [0.05, 0.1) is 5.71 Å². The van der Waals surface area contributed by atoms with Crippen LogP contribution < -0.4 is 5.73 Å². The monoisotopic (exact) mass is 337 g/mol. The average molecular weight is 338 g/mol. The molecule has 2 N–H and O–H groups in total. The summed E-state index contributed by atoms with van der Waals surface area (Å²) >= 11 is 3.45. The third-order valence-electron chi connectivity index (χ3n) is 3.09. The molecule has 0 saturated carbocycles. The van der Waals surface area contributed by atoms with Crippen LogP contribution in [0.15, 0.2) is 69.1 Å². The van der Waals surface area contributed by atoms with Crippen molar-refractivity contribution in [1.82, 2.24) is 0 Å². The summed E-state index contributed by atoms with van der Waals surface area (Å²) in [6.07, 6.45) is 6.10. The van der Waals surface area contributed by atoms with Crippen LogP contribution in [0.3, 0.4) is 0 Å². The van der Waals surface area contributed by atoms with Crippen LogP contribution in [0.2, 0.25) is 0 Å². The van der Waals surface area contributed by atoms with Gasteiger partial charge in [0.2, 0.25) is 5.96 Å². The van der Waals surface area contributed by atoms with Crippen molar-refractivity contribution in [3.63, 3.8) is 0 Å². The van der Waals surface area contributed by atoms with Gasteiger partial charge in [0.25, 0.3) is 0 Å². The number of hydrogen-bond donors (Lipinski definition) is 1. The van der Waals surface area contributed by atoms with Crippen molar-refractivity contribution in [3.8, 4) is 0 Å². The standard InChI is InChI=1S/C15H12BrN3.Na.H/c16-9-12(10-4-2-1-3-5-10)11-6-7-13-14(8-11)19-15(17)18-13;;/h1-9,14H,(H2,17,19);;. The molecule has 0 amide bonds. The molecule has 1 heterocycles. The van der Waals surface area contributed by atoms with E-state index in [1.165, 1.54) is 0 Å². The summed E-state index contributed by atoms with van der Waals surface area (Å²) in [6, 6.07) is 10.2. The van der Waals surface area contributed by atoms with Crippen LogP contribution in [-0.4, -0.2) is 47.3 Å². The van der Waals surface area contributed by atoms with E-state index >= 15 is 0 Å². The molecule has 1 aromatic rings. The Morgan fingerprint density at radius 1 is 1.20 bits per heavy atom. The first-order valence-electron chi connectivity index (χ1n) is 5.96. The van der Waals surface area contributed by atoms with Gasteiger partial charge in [0.15, 0.2) is 0 Å². The first kappa shape index (κ1) is 15.4. The summed E-state index contributed by atoms with van der Waals surface area (Å²) in [6.45, 7) is 0. The molecule has 0 spiro atoms.